The predicted molar refractivity (Wildman–Crippen MR) is 168 cm³/mol. The van der Waals surface area contributed by atoms with E-state index in [4.69, 9.17) is 15.1 Å². The number of hydrogen-bond donors (Lipinski definition) is 5. The van der Waals surface area contributed by atoms with Gasteiger partial charge in [-0.25, -0.2) is 4.79 Å². The van der Waals surface area contributed by atoms with Crippen molar-refractivity contribution in [2.24, 2.45) is 10.9 Å². The molecule has 0 saturated carbocycles. The summed E-state index contributed by atoms with van der Waals surface area (Å²) in [6.45, 7) is 3.98. The van der Waals surface area contributed by atoms with Gasteiger partial charge in [0.2, 0.25) is 18.1 Å². The van der Waals surface area contributed by atoms with Crippen molar-refractivity contribution in [3.63, 3.8) is 0 Å². The fraction of sp³-hybridized carbons (Fsp3) is 0.303. The molecule has 0 radical (unpaired) electrons. The van der Waals surface area contributed by atoms with Crippen LogP contribution in [0.15, 0.2) is 77.8 Å². The molecular formula is C33H37N5O6. The van der Waals surface area contributed by atoms with Crippen molar-refractivity contribution in [1.82, 2.24) is 5.32 Å². The number of carbonyl (C=O) groups excluding carboxylic acids is 1. The molecule has 0 bridgehead atoms. The van der Waals surface area contributed by atoms with Gasteiger partial charge >= 0.3 is 11.9 Å². The lowest BCUT2D eigenvalue weighted by Crippen LogP contribution is -2.44. The van der Waals surface area contributed by atoms with Crippen molar-refractivity contribution in [3.05, 3.63) is 89.5 Å². The van der Waals surface area contributed by atoms with Crippen molar-refractivity contribution in [2.75, 3.05) is 17.7 Å². The average molecular weight is 600 g/mol. The first-order chi connectivity index (χ1) is 21.1. The molecule has 0 saturated heterocycles. The van der Waals surface area contributed by atoms with Crippen LogP contribution in [0.4, 0.5) is 11.4 Å². The molecule has 0 aliphatic carbocycles. The van der Waals surface area contributed by atoms with E-state index in [-0.39, 0.29) is 24.7 Å². The summed E-state index contributed by atoms with van der Waals surface area (Å²) in [5.74, 6) is -1.95. The van der Waals surface area contributed by atoms with E-state index in [9.17, 15) is 19.5 Å². The van der Waals surface area contributed by atoms with Crippen LogP contribution in [0.25, 0.3) is 0 Å². The van der Waals surface area contributed by atoms with Crippen LogP contribution in [0.3, 0.4) is 0 Å². The molecular weight excluding hydrogens is 562 g/mol. The van der Waals surface area contributed by atoms with Gasteiger partial charge in [0.15, 0.2) is 0 Å². The molecule has 11 heteroatoms. The highest BCUT2D eigenvalue weighted by atomic mass is 16.5. The van der Waals surface area contributed by atoms with E-state index in [1.54, 1.807) is 86.1 Å². The lowest BCUT2D eigenvalue weighted by molar-refractivity contribution is -0.142. The van der Waals surface area contributed by atoms with E-state index < -0.39 is 29.8 Å². The summed E-state index contributed by atoms with van der Waals surface area (Å²) in [5, 5.41) is 36.7. The zero-order valence-electron chi connectivity index (χ0n) is 24.9. The topological polar surface area (TPSA) is 173 Å². The minimum absolute atomic E-state index is 0.0106. The zero-order valence-corrected chi connectivity index (χ0v) is 24.9. The molecule has 0 heterocycles. The smallest absolute Gasteiger partial charge is 0.326 e. The van der Waals surface area contributed by atoms with Gasteiger partial charge in [0.1, 0.15) is 11.8 Å². The number of anilines is 2. The fourth-order valence-corrected chi connectivity index (χ4v) is 4.55. The van der Waals surface area contributed by atoms with E-state index in [2.05, 4.69) is 20.9 Å². The first-order valence-corrected chi connectivity index (χ1v) is 14.2. The third-order valence-corrected chi connectivity index (χ3v) is 6.82. The Labute approximate surface area is 256 Å². The van der Waals surface area contributed by atoms with Gasteiger partial charge in [-0.2, -0.15) is 5.26 Å². The molecule has 3 aromatic carbocycles. The molecule has 5 N–H and O–H groups in total. The highest BCUT2D eigenvalue weighted by Gasteiger charge is 2.27. The van der Waals surface area contributed by atoms with E-state index in [1.165, 1.54) is 0 Å². The van der Waals surface area contributed by atoms with Crippen molar-refractivity contribution in [2.45, 2.75) is 51.5 Å². The SMILES string of the molecule is COc1ccc(NC(=NC#N)Nc2ccc(C(CC(C)C)C(=O)NC(Cc3ccc(CCC(=O)O)cc3)C(=O)O)cc2)cc1. The van der Waals surface area contributed by atoms with Crippen molar-refractivity contribution in [3.8, 4) is 11.9 Å². The molecule has 2 unspecified atom stereocenters. The van der Waals surface area contributed by atoms with Gasteiger partial charge in [-0.3, -0.25) is 9.59 Å². The standard InChI is InChI=1S/C33H37N5O6/c1-21(2)18-28(31(41)38-29(32(42)43)19-23-6-4-22(5-7-23)8-17-30(39)40)24-9-11-25(12-10-24)36-33(35-20-34)37-26-13-15-27(44-3)16-14-26/h4-7,9-16,21,28-29H,8,17-19H2,1-3H3,(H,38,41)(H,39,40)(H,42,43)(H2,35,36,37). The molecule has 230 valence electrons. The number of carboxylic acid groups (broad SMARTS) is 2. The number of aliphatic carboxylic acids is 2. The number of rotatable bonds is 14. The van der Waals surface area contributed by atoms with Gasteiger partial charge in [0, 0.05) is 24.2 Å². The number of aryl methyl sites for hydroxylation is 1. The van der Waals surface area contributed by atoms with E-state index in [0.29, 0.717) is 35.5 Å². The molecule has 0 aliphatic rings. The Morgan fingerprint density at radius 1 is 0.886 bits per heavy atom. The van der Waals surface area contributed by atoms with Crippen LogP contribution in [0.2, 0.25) is 0 Å². The number of nitrogens with one attached hydrogen (secondary N) is 3. The molecule has 44 heavy (non-hydrogen) atoms. The average Bonchev–Trinajstić information content (AvgIpc) is 3.00. The molecule has 3 rings (SSSR count). The summed E-state index contributed by atoms with van der Waals surface area (Å²) in [4.78, 5) is 40.2. The molecule has 1 amide bonds. The van der Waals surface area contributed by atoms with Gasteiger partial charge in [-0.05, 0) is 71.8 Å². The van der Waals surface area contributed by atoms with Crippen molar-refractivity contribution >= 4 is 35.2 Å². The number of amides is 1. The zero-order chi connectivity index (χ0) is 32.1. The second kappa shape index (κ2) is 16.3. The Morgan fingerprint density at radius 2 is 1.45 bits per heavy atom. The first kappa shape index (κ1) is 33.1. The number of carboxylic acids is 2. The number of guanidine groups is 1. The highest BCUT2D eigenvalue weighted by Crippen LogP contribution is 2.26. The summed E-state index contributed by atoms with van der Waals surface area (Å²) in [6.07, 6.45) is 2.75. The number of nitriles is 1. The maximum atomic E-state index is 13.5. The van der Waals surface area contributed by atoms with Gasteiger partial charge < -0.3 is 30.9 Å². The molecule has 0 fully saturated rings. The van der Waals surface area contributed by atoms with Crippen LogP contribution in [0, 0.1) is 17.4 Å². The van der Waals surface area contributed by atoms with Crippen LogP contribution in [0.5, 0.6) is 5.75 Å². The highest BCUT2D eigenvalue weighted by molar-refractivity contribution is 6.04. The summed E-state index contributed by atoms with van der Waals surface area (Å²) >= 11 is 0. The van der Waals surface area contributed by atoms with Gasteiger partial charge in [-0.15, -0.1) is 4.99 Å². The van der Waals surface area contributed by atoms with Crippen LogP contribution in [-0.4, -0.2) is 47.2 Å². The van der Waals surface area contributed by atoms with Crippen LogP contribution < -0.4 is 20.7 Å². The minimum Gasteiger partial charge on any atom is -0.497 e. The van der Waals surface area contributed by atoms with Crippen LogP contribution >= 0.6 is 0 Å². The maximum absolute atomic E-state index is 13.5. The lowest BCUT2D eigenvalue weighted by Gasteiger charge is -2.23. The Balaban J connectivity index is 1.70. The fourth-order valence-electron chi connectivity index (χ4n) is 4.55. The largest absolute Gasteiger partial charge is 0.497 e. The number of benzene rings is 3. The molecule has 3 aromatic rings. The molecule has 0 spiro atoms. The third kappa shape index (κ3) is 10.5. The van der Waals surface area contributed by atoms with Gasteiger partial charge in [0.05, 0.1) is 13.0 Å². The van der Waals surface area contributed by atoms with Gasteiger partial charge in [-0.1, -0.05) is 50.2 Å². The Morgan fingerprint density at radius 3 is 1.95 bits per heavy atom. The van der Waals surface area contributed by atoms with Crippen LogP contribution in [-0.2, 0) is 27.2 Å². The summed E-state index contributed by atoms with van der Waals surface area (Å²) in [7, 11) is 1.57. The molecule has 0 aromatic heterocycles. The molecule has 11 nitrogen and oxygen atoms in total. The number of methoxy groups -OCH3 is 1. The number of aliphatic imine (C=N–C) groups is 1. The monoisotopic (exact) mass is 599 g/mol. The minimum atomic E-state index is -1.15. The number of hydrogen-bond acceptors (Lipinski definition) is 6. The number of ether oxygens (including phenoxy) is 1. The normalized spacial score (nSPS) is 12.5. The Hall–Kier alpha value is -5.37. The Bertz CT molecular complexity index is 1480. The summed E-state index contributed by atoms with van der Waals surface area (Å²) in [5.41, 5.74) is 3.59. The van der Waals surface area contributed by atoms with Crippen molar-refractivity contribution in [1.29, 1.82) is 5.26 Å². The van der Waals surface area contributed by atoms with Crippen molar-refractivity contribution < 1.29 is 29.3 Å². The number of nitrogens with zero attached hydrogens (tertiary/aromatic N) is 2. The second-order valence-corrected chi connectivity index (χ2v) is 10.7. The first-order valence-electron chi connectivity index (χ1n) is 14.2. The molecule has 0 aliphatic heterocycles. The lowest BCUT2D eigenvalue weighted by atomic mass is 9.89. The Kier molecular flexibility index (Phi) is 12.3. The quantitative estimate of drug-likeness (QED) is 0.0969. The predicted octanol–water partition coefficient (Wildman–Crippen LogP) is 5.02. The maximum Gasteiger partial charge on any atom is 0.326 e. The van der Waals surface area contributed by atoms with E-state index in [1.807, 2.05) is 13.8 Å². The summed E-state index contributed by atoms with van der Waals surface area (Å²) in [6, 6.07) is 20.1. The van der Waals surface area contributed by atoms with Gasteiger partial charge in [0.25, 0.3) is 0 Å². The van der Waals surface area contributed by atoms with E-state index >= 15 is 0 Å². The third-order valence-electron chi connectivity index (χ3n) is 6.82. The second-order valence-electron chi connectivity index (χ2n) is 10.7. The van der Waals surface area contributed by atoms with Crippen LogP contribution in [0.1, 0.15) is 49.3 Å². The van der Waals surface area contributed by atoms with E-state index in [0.717, 1.165) is 11.1 Å². The summed E-state index contributed by atoms with van der Waals surface area (Å²) < 4.78 is 5.17. The molecule has 2 atom stereocenters. The number of carbonyl (C=O) groups is 3.